The number of sulfone groups is 1. The summed E-state index contributed by atoms with van der Waals surface area (Å²) in [5.41, 5.74) is -0.360. The van der Waals surface area contributed by atoms with Gasteiger partial charge in [-0.3, -0.25) is 19.5 Å². The second-order valence-electron chi connectivity index (χ2n) is 6.22. The molecule has 3 heterocycles. The molecule has 1 saturated heterocycles. The van der Waals surface area contributed by atoms with Crippen molar-refractivity contribution in [2.75, 3.05) is 18.9 Å². The number of β-lactam (4-membered cyclic amide) rings is 1. The van der Waals surface area contributed by atoms with Crippen LogP contribution in [0.4, 0.5) is 0 Å². The fraction of sp³-hybridized carbons (Fsp3) is 0.222. The molecule has 3 rings (SSSR count). The smallest absolute Gasteiger partial charge is 0.352 e. The number of hydrogen-bond donors (Lipinski definition) is 3. The monoisotopic (exact) mass is 419 g/mol. The number of aromatic nitrogens is 1. The van der Waals surface area contributed by atoms with E-state index < -0.39 is 44.4 Å². The van der Waals surface area contributed by atoms with Crippen LogP contribution in [0, 0.1) is 0 Å². The van der Waals surface area contributed by atoms with Gasteiger partial charge in [-0.2, -0.15) is 0 Å². The van der Waals surface area contributed by atoms with Crippen LogP contribution >= 0.6 is 0 Å². The lowest BCUT2D eigenvalue weighted by atomic mass is 10.0. The summed E-state index contributed by atoms with van der Waals surface area (Å²) in [6.45, 7) is -0.299. The number of amides is 2. The zero-order valence-corrected chi connectivity index (χ0v) is 15.8. The molecule has 1 fully saturated rings. The van der Waals surface area contributed by atoms with E-state index in [4.69, 9.17) is 5.11 Å². The van der Waals surface area contributed by atoms with E-state index in [-0.39, 0.29) is 24.3 Å². The molecule has 0 radical (unpaired) electrons. The van der Waals surface area contributed by atoms with E-state index >= 15 is 0 Å². The molecule has 3 N–H and O–H groups in total. The van der Waals surface area contributed by atoms with E-state index in [0.29, 0.717) is 10.6 Å². The first-order valence-electron chi connectivity index (χ1n) is 8.47. The molecule has 0 spiro atoms. The molecular formula is C18H17N3O7S. The molecule has 1 atom stereocenters. The number of aliphatic hydroxyl groups excluding tert-OH is 1. The Bertz CT molecular complexity index is 1060. The molecule has 29 heavy (non-hydrogen) atoms. The summed E-state index contributed by atoms with van der Waals surface area (Å²) in [6, 6.07) is 4.92. The molecule has 1 aromatic rings. The number of allylic oxidation sites excluding steroid dienone is 1. The lowest BCUT2D eigenvalue weighted by Crippen LogP contribution is -2.62. The van der Waals surface area contributed by atoms with Crippen LogP contribution in [-0.2, 0) is 24.2 Å². The summed E-state index contributed by atoms with van der Waals surface area (Å²) in [5, 5.41) is 19.2. The molecule has 11 heteroatoms. The number of fused-ring (bicyclic) bond motifs is 1. The predicted molar refractivity (Wildman–Crippen MR) is 101 cm³/mol. The number of nitrogens with one attached hydrogen (secondary N) is 1. The number of nitrogens with zero attached hydrogens (tertiary/aromatic N) is 2. The Labute approximate surface area is 165 Å². The summed E-state index contributed by atoms with van der Waals surface area (Å²) in [4.78, 5) is 40.7. The van der Waals surface area contributed by atoms with Gasteiger partial charge >= 0.3 is 5.97 Å². The van der Waals surface area contributed by atoms with Gasteiger partial charge in [-0.25, -0.2) is 13.2 Å². The van der Waals surface area contributed by atoms with Crippen LogP contribution in [0.15, 0.2) is 53.4 Å². The van der Waals surface area contributed by atoms with E-state index in [9.17, 15) is 27.9 Å². The Kier molecular flexibility index (Phi) is 5.62. The van der Waals surface area contributed by atoms with E-state index in [0.717, 1.165) is 12.2 Å². The molecule has 0 unspecified atom stereocenters. The fourth-order valence-electron chi connectivity index (χ4n) is 3.05. The molecule has 0 aromatic carbocycles. The van der Waals surface area contributed by atoms with Gasteiger partial charge in [0, 0.05) is 18.8 Å². The SMILES string of the molecule is O=C(/C=C/C1=C(C(=O)O)N2C(=O)/C(=C\c3ccccn3)[C@H]2S(=O)(=O)C1)NCCO. The van der Waals surface area contributed by atoms with Gasteiger partial charge in [0.05, 0.1) is 23.6 Å². The summed E-state index contributed by atoms with van der Waals surface area (Å²) in [5.74, 6) is -3.52. The van der Waals surface area contributed by atoms with Crippen molar-refractivity contribution in [3.8, 4) is 0 Å². The Morgan fingerprint density at radius 1 is 1.34 bits per heavy atom. The number of carboxylic acids is 1. The highest BCUT2D eigenvalue weighted by molar-refractivity contribution is 7.92. The van der Waals surface area contributed by atoms with Crippen LogP contribution in [0.2, 0.25) is 0 Å². The number of aliphatic carboxylic acids is 1. The number of rotatable bonds is 6. The van der Waals surface area contributed by atoms with Gasteiger partial charge in [-0.1, -0.05) is 12.1 Å². The maximum Gasteiger partial charge on any atom is 0.352 e. The van der Waals surface area contributed by atoms with Crippen LogP contribution in [-0.4, -0.2) is 70.6 Å². The molecule has 2 aliphatic rings. The first kappa shape index (κ1) is 20.4. The minimum atomic E-state index is -3.94. The van der Waals surface area contributed by atoms with Crippen molar-refractivity contribution >= 4 is 33.7 Å². The zero-order valence-electron chi connectivity index (χ0n) is 15.0. The molecular weight excluding hydrogens is 402 g/mol. The Morgan fingerprint density at radius 3 is 2.72 bits per heavy atom. The van der Waals surface area contributed by atoms with Crippen molar-refractivity contribution in [2.45, 2.75) is 5.37 Å². The van der Waals surface area contributed by atoms with E-state index in [1.54, 1.807) is 18.2 Å². The third-order valence-electron chi connectivity index (χ3n) is 4.25. The fourth-order valence-corrected chi connectivity index (χ4v) is 4.95. The van der Waals surface area contributed by atoms with Crippen molar-refractivity contribution in [3.63, 3.8) is 0 Å². The molecule has 2 amide bonds. The van der Waals surface area contributed by atoms with Gasteiger partial charge in [0.15, 0.2) is 15.2 Å². The average molecular weight is 419 g/mol. The van der Waals surface area contributed by atoms with Crippen LogP contribution in [0.25, 0.3) is 6.08 Å². The van der Waals surface area contributed by atoms with E-state index in [2.05, 4.69) is 10.3 Å². The van der Waals surface area contributed by atoms with Crippen molar-refractivity contribution in [1.29, 1.82) is 0 Å². The minimum absolute atomic E-state index is 0.0132. The highest BCUT2D eigenvalue weighted by Crippen LogP contribution is 2.41. The van der Waals surface area contributed by atoms with E-state index in [1.165, 1.54) is 12.3 Å². The van der Waals surface area contributed by atoms with Crippen LogP contribution in [0.1, 0.15) is 5.69 Å². The van der Waals surface area contributed by atoms with Crippen molar-refractivity contribution in [2.24, 2.45) is 0 Å². The Morgan fingerprint density at radius 2 is 2.10 bits per heavy atom. The molecule has 0 saturated carbocycles. The number of carbonyl (C=O) groups excluding carboxylic acids is 2. The largest absolute Gasteiger partial charge is 0.477 e. The van der Waals surface area contributed by atoms with Crippen LogP contribution in [0.5, 0.6) is 0 Å². The lowest BCUT2D eigenvalue weighted by molar-refractivity contribution is -0.141. The topological polar surface area (TPSA) is 154 Å². The standard InChI is InChI=1S/C18H17N3O7S/c22-8-7-20-14(23)5-4-11-10-29(27,28)17-13(9-12-3-1-2-6-19-12)16(24)21(17)15(11)18(25)26/h1-6,9,17,22H,7-8,10H2,(H,20,23)(H,25,26)/b5-4+,13-9+/t17-/m1/s1. The summed E-state index contributed by atoms with van der Waals surface area (Å²) >= 11 is 0. The minimum Gasteiger partial charge on any atom is -0.477 e. The Balaban J connectivity index is 1.99. The predicted octanol–water partition coefficient (Wildman–Crippen LogP) is -0.935. The average Bonchev–Trinajstić information content (AvgIpc) is 2.68. The second-order valence-corrected chi connectivity index (χ2v) is 8.28. The third kappa shape index (κ3) is 3.96. The van der Waals surface area contributed by atoms with Crippen molar-refractivity contribution in [1.82, 2.24) is 15.2 Å². The number of carboxylic acid groups (broad SMARTS) is 1. The number of carbonyl (C=O) groups is 3. The third-order valence-corrected chi connectivity index (χ3v) is 6.11. The summed E-state index contributed by atoms with van der Waals surface area (Å²) in [6.07, 6.45) is 4.82. The van der Waals surface area contributed by atoms with Crippen molar-refractivity contribution in [3.05, 3.63) is 59.1 Å². The van der Waals surface area contributed by atoms with Crippen LogP contribution < -0.4 is 5.32 Å². The molecule has 10 nitrogen and oxygen atoms in total. The number of pyridine rings is 1. The zero-order chi connectivity index (χ0) is 21.2. The Hall–Kier alpha value is -3.31. The van der Waals surface area contributed by atoms with Gasteiger partial charge in [0.1, 0.15) is 5.70 Å². The maximum atomic E-state index is 12.7. The quantitative estimate of drug-likeness (QED) is 0.395. The normalized spacial score (nSPS) is 21.8. The molecule has 1 aromatic heterocycles. The lowest BCUT2D eigenvalue weighted by Gasteiger charge is -2.45. The van der Waals surface area contributed by atoms with E-state index in [1.807, 2.05) is 0 Å². The summed E-state index contributed by atoms with van der Waals surface area (Å²) < 4.78 is 25.5. The van der Waals surface area contributed by atoms with Gasteiger partial charge < -0.3 is 15.5 Å². The first-order valence-corrected chi connectivity index (χ1v) is 10.2. The molecule has 152 valence electrons. The first-order chi connectivity index (χ1) is 13.8. The van der Waals surface area contributed by atoms with Crippen molar-refractivity contribution < 1.29 is 33.0 Å². The van der Waals surface area contributed by atoms with Gasteiger partial charge in [-0.15, -0.1) is 0 Å². The molecule has 2 aliphatic heterocycles. The van der Waals surface area contributed by atoms with Gasteiger partial charge in [-0.05, 0) is 23.8 Å². The molecule has 0 bridgehead atoms. The maximum absolute atomic E-state index is 12.7. The number of aliphatic hydroxyl groups is 1. The van der Waals surface area contributed by atoms with Gasteiger partial charge in [0.25, 0.3) is 5.91 Å². The highest BCUT2D eigenvalue weighted by Gasteiger charge is 2.56. The van der Waals surface area contributed by atoms with Crippen LogP contribution in [0.3, 0.4) is 0 Å². The second kappa shape index (κ2) is 7.97. The highest BCUT2D eigenvalue weighted by atomic mass is 32.2. The van der Waals surface area contributed by atoms with Gasteiger partial charge in [0.2, 0.25) is 5.91 Å². The number of hydrogen-bond acceptors (Lipinski definition) is 7. The summed E-state index contributed by atoms with van der Waals surface area (Å²) in [7, 11) is -3.94. The molecule has 0 aliphatic carbocycles.